The van der Waals surface area contributed by atoms with Gasteiger partial charge in [0.25, 0.3) is 0 Å². The first kappa shape index (κ1) is 9.22. The third kappa shape index (κ3) is 3.50. The van der Waals surface area contributed by atoms with Crippen LogP contribution < -0.4 is 0 Å². The summed E-state index contributed by atoms with van der Waals surface area (Å²) in [7, 11) is 0. The van der Waals surface area contributed by atoms with Crippen molar-refractivity contribution in [2.75, 3.05) is 13.1 Å². The summed E-state index contributed by atoms with van der Waals surface area (Å²) in [6.07, 6.45) is -1.16. The van der Waals surface area contributed by atoms with E-state index in [0.717, 1.165) is 0 Å². The lowest BCUT2D eigenvalue weighted by atomic mass is 10.2. The van der Waals surface area contributed by atoms with Gasteiger partial charge in [-0.05, 0) is 19.1 Å². The highest BCUT2D eigenvalue weighted by atomic mass is 19.4. The highest BCUT2D eigenvalue weighted by molar-refractivity contribution is 5.91. The molecule has 0 fully saturated rings. The lowest BCUT2D eigenvalue weighted by Crippen LogP contribution is -2.16. The monoisotopic (exact) mass is 178 g/mol. The predicted molar refractivity (Wildman–Crippen MR) is 41.0 cm³/mol. The van der Waals surface area contributed by atoms with Gasteiger partial charge in [0.2, 0.25) is 0 Å². The van der Waals surface area contributed by atoms with Crippen molar-refractivity contribution in [3.05, 3.63) is 0 Å². The predicted octanol–water partition coefficient (Wildman–Crippen LogP) is 1.85. The molecule has 0 aromatic heterocycles. The van der Waals surface area contributed by atoms with Gasteiger partial charge < -0.3 is 0 Å². The maximum absolute atomic E-state index is 11.7. The fraction of sp³-hybridized carbons (Fsp3) is 0.714. The lowest BCUT2D eigenvalue weighted by Gasteiger charge is -2.07. The average Bonchev–Trinajstić information content (AvgIpc) is 2.02. The molecule has 0 aliphatic carbocycles. The van der Waals surface area contributed by atoms with Gasteiger partial charge in [-0.2, -0.15) is 13.2 Å². The van der Waals surface area contributed by atoms with E-state index >= 15 is 0 Å². The zero-order valence-electron chi connectivity index (χ0n) is 6.43. The fourth-order valence-corrected chi connectivity index (χ4v) is 0.902. The van der Waals surface area contributed by atoms with Gasteiger partial charge in [0, 0.05) is 5.71 Å². The molecular formula is C7H9F3N2. The van der Waals surface area contributed by atoms with E-state index in [-0.39, 0.29) is 0 Å². The first-order valence-electron chi connectivity index (χ1n) is 3.65. The van der Waals surface area contributed by atoms with Crippen molar-refractivity contribution in [1.82, 2.24) is 0 Å². The van der Waals surface area contributed by atoms with Crippen LogP contribution in [0.25, 0.3) is 0 Å². The molecule has 0 saturated heterocycles. The van der Waals surface area contributed by atoms with Gasteiger partial charge in [-0.15, -0.1) is 0 Å². The summed E-state index contributed by atoms with van der Waals surface area (Å²) in [5.74, 6) is 0. The second kappa shape index (κ2) is 3.69. The molecule has 0 radical (unpaired) electrons. The Morgan fingerprint density at radius 2 is 2.25 bits per heavy atom. The van der Waals surface area contributed by atoms with E-state index in [0.29, 0.717) is 25.1 Å². The minimum atomic E-state index is -4.19. The summed E-state index contributed by atoms with van der Waals surface area (Å²) < 4.78 is 35.0. The van der Waals surface area contributed by atoms with Crippen molar-refractivity contribution in [2.24, 2.45) is 9.98 Å². The number of halogens is 3. The highest BCUT2D eigenvalue weighted by Gasteiger charge is 2.26. The maximum Gasteiger partial charge on any atom is 0.407 e. The van der Waals surface area contributed by atoms with Crippen LogP contribution in [0.5, 0.6) is 0 Å². The van der Waals surface area contributed by atoms with Crippen LogP contribution in [0.2, 0.25) is 0 Å². The van der Waals surface area contributed by atoms with Crippen LogP contribution >= 0.6 is 0 Å². The molecule has 0 aromatic rings. The molecular weight excluding hydrogens is 169 g/mol. The third-order valence-electron chi connectivity index (χ3n) is 1.45. The fourth-order valence-electron chi connectivity index (χ4n) is 0.902. The molecule has 0 aromatic carbocycles. The summed E-state index contributed by atoms with van der Waals surface area (Å²) in [4.78, 5) is 7.27. The topological polar surface area (TPSA) is 24.7 Å². The van der Waals surface area contributed by atoms with Crippen molar-refractivity contribution >= 4 is 11.9 Å². The van der Waals surface area contributed by atoms with E-state index < -0.39 is 12.7 Å². The maximum atomic E-state index is 11.7. The number of hydrogen-bond acceptors (Lipinski definition) is 2. The normalized spacial score (nSPS) is 21.8. The molecule has 0 unspecified atom stereocenters. The summed E-state index contributed by atoms with van der Waals surface area (Å²) in [5, 5.41) is 0. The standard InChI is InChI=1S/C7H9F3N2/c8-7(9,10)5-12-6-2-1-3-11-4-6/h3H,1-2,4-5H2. The van der Waals surface area contributed by atoms with E-state index in [1.165, 1.54) is 0 Å². The Hall–Kier alpha value is -0.870. The zero-order valence-corrected chi connectivity index (χ0v) is 6.43. The van der Waals surface area contributed by atoms with Gasteiger partial charge in [-0.1, -0.05) is 0 Å². The van der Waals surface area contributed by atoms with Gasteiger partial charge in [-0.3, -0.25) is 9.98 Å². The quantitative estimate of drug-likeness (QED) is 0.585. The van der Waals surface area contributed by atoms with E-state index in [1.807, 2.05) is 0 Å². The van der Waals surface area contributed by atoms with E-state index in [9.17, 15) is 13.2 Å². The molecule has 5 heteroatoms. The Kier molecular flexibility index (Phi) is 2.83. The first-order valence-corrected chi connectivity index (χ1v) is 3.65. The molecule has 12 heavy (non-hydrogen) atoms. The van der Waals surface area contributed by atoms with Crippen LogP contribution in [-0.2, 0) is 0 Å². The molecule has 0 atom stereocenters. The molecule has 2 nitrogen and oxygen atoms in total. The Labute approximate surface area is 68.2 Å². The second-order valence-corrected chi connectivity index (χ2v) is 2.56. The van der Waals surface area contributed by atoms with Crippen molar-refractivity contribution in [2.45, 2.75) is 19.0 Å². The largest absolute Gasteiger partial charge is 0.407 e. The number of alkyl halides is 3. The number of rotatable bonds is 1. The van der Waals surface area contributed by atoms with Crippen LogP contribution in [0, 0.1) is 0 Å². The van der Waals surface area contributed by atoms with Crippen molar-refractivity contribution < 1.29 is 13.2 Å². The molecule has 0 amide bonds. The molecule has 1 rings (SSSR count). The third-order valence-corrected chi connectivity index (χ3v) is 1.45. The number of nitrogens with zero attached hydrogens (tertiary/aromatic N) is 2. The first-order chi connectivity index (χ1) is 5.58. The average molecular weight is 178 g/mol. The minimum absolute atomic E-state index is 0.329. The van der Waals surface area contributed by atoms with Crippen molar-refractivity contribution in [1.29, 1.82) is 0 Å². The van der Waals surface area contributed by atoms with Gasteiger partial charge in [-0.25, -0.2) is 0 Å². The van der Waals surface area contributed by atoms with Gasteiger partial charge in [0.05, 0.1) is 6.54 Å². The zero-order chi connectivity index (χ0) is 9.03. The van der Waals surface area contributed by atoms with Crippen molar-refractivity contribution in [3.8, 4) is 0 Å². The van der Waals surface area contributed by atoms with E-state index in [2.05, 4.69) is 9.98 Å². The molecule has 0 bridgehead atoms. The van der Waals surface area contributed by atoms with E-state index in [1.54, 1.807) is 6.21 Å². The van der Waals surface area contributed by atoms with Crippen LogP contribution in [0.15, 0.2) is 9.98 Å². The van der Waals surface area contributed by atoms with Gasteiger partial charge in [0.15, 0.2) is 0 Å². The molecule has 1 aliphatic heterocycles. The SMILES string of the molecule is FC(F)(F)CN=C1CCC=NC1. The molecule has 68 valence electrons. The Bertz CT molecular complexity index is 205. The molecule has 1 heterocycles. The summed E-state index contributed by atoms with van der Waals surface area (Å²) in [5.41, 5.74) is 0.551. The number of aliphatic imine (C=N–C) groups is 2. The Morgan fingerprint density at radius 1 is 1.50 bits per heavy atom. The molecule has 1 aliphatic rings. The molecule has 0 saturated carbocycles. The van der Waals surface area contributed by atoms with E-state index in [4.69, 9.17) is 0 Å². The summed E-state index contributed by atoms with van der Waals surface area (Å²) in [6, 6.07) is 0. The summed E-state index contributed by atoms with van der Waals surface area (Å²) >= 11 is 0. The van der Waals surface area contributed by atoms with Gasteiger partial charge in [0.1, 0.15) is 6.54 Å². The smallest absolute Gasteiger partial charge is 0.292 e. The molecule has 0 spiro atoms. The van der Waals surface area contributed by atoms with Gasteiger partial charge >= 0.3 is 6.18 Å². The second-order valence-electron chi connectivity index (χ2n) is 2.56. The highest BCUT2D eigenvalue weighted by Crippen LogP contribution is 2.15. The Morgan fingerprint density at radius 3 is 2.75 bits per heavy atom. The minimum Gasteiger partial charge on any atom is -0.292 e. The summed E-state index contributed by atoms with van der Waals surface area (Å²) in [6.45, 7) is -0.742. The van der Waals surface area contributed by atoms with Crippen LogP contribution in [0.1, 0.15) is 12.8 Å². The molecule has 0 N–H and O–H groups in total. The number of hydrogen-bond donors (Lipinski definition) is 0. The van der Waals surface area contributed by atoms with Crippen LogP contribution in [-0.4, -0.2) is 31.2 Å². The Balaban J connectivity index is 2.41. The lowest BCUT2D eigenvalue weighted by molar-refractivity contribution is -0.118. The van der Waals surface area contributed by atoms with Crippen LogP contribution in [0.4, 0.5) is 13.2 Å². The van der Waals surface area contributed by atoms with Crippen LogP contribution in [0.3, 0.4) is 0 Å². The van der Waals surface area contributed by atoms with Crippen molar-refractivity contribution in [3.63, 3.8) is 0 Å².